The van der Waals surface area contributed by atoms with Crippen LogP contribution in [0.3, 0.4) is 0 Å². The smallest absolute Gasteiger partial charge is 0.127 e. The predicted octanol–water partition coefficient (Wildman–Crippen LogP) is 2.98. The summed E-state index contributed by atoms with van der Waals surface area (Å²) in [6.45, 7) is 2.39. The SMILES string of the molecule is NC(=S)C1CCN(Cc2cc(Cl)ccc2F)CC1. The van der Waals surface area contributed by atoms with E-state index in [1.54, 1.807) is 12.1 Å². The summed E-state index contributed by atoms with van der Waals surface area (Å²) >= 11 is 10.9. The largest absolute Gasteiger partial charge is 0.393 e. The Hall–Kier alpha value is -0.710. The molecule has 1 aliphatic rings. The molecule has 0 aliphatic carbocycles. The Kier molecular flexibility index (Phi) is 4.54. The first-order valence-electron chi connectivity index (χ1n) is 6.02. The van der Waals surface area contributed by atoms with Crippen LogP contribution in [0.5, 0.6) is 0 Å². The van der Waals surface area contributed by atoms with Crippen molar-refractivity contribution < 1.29 is 4.39 Å². The van der Waals surface area contributed by atoms with Gasteiger partial charge >= 0.3 is 0 Å². The fraction of sp³-hybridized carbons (Fsp3) is 0.462. The highest BCUT2D eigenvalue weighted by molar-refractivity contribution is 7.80. The fourth-order valence-electron chi connectivity index (χ4n) is 2.28. The van der Waals surface area contributed by atoms with Crippen LogP contribution in [0.15, 0.2) is 18.2 Å². The zero-order valence-corrected chi connectivity index (χ0v) is 11.6. The maximum absolute atomic E-state index is 13.6. The molecule has 1 aromatic rings. The Bertz CT molecular complexity index is 445. The highest BCUT2D eigenvalue weighted by atomic mass is 35.5. The van der Waals surface area contributed by atoms with E-state index in [4.69, 9.17) is 29.6 Å². The van der Waals surface area contributed by atoms with Crippen molar-refractivity contribution in [3.05, 3.63) is 34.6 Å². The molecule has 98 valence electrons. The molecule has 18 heavy (non-hydrogen) atoms. The highest BCUT2D eigenvalue weighted by Crippen LogP contribution is 2.21. The van der Waals surface area contributed by atoms with Crippen molar-refractivity contribution >= 4 is 28.8 Å². The maximum atomic E-state index is 13.6. The molecule has 0 aromatic heterocycles. The van der Waals surface area contributed by atoms with E-state index in [0.29, 0.717) is 28.0 Å². The molecule has 1 saturated heterocycles. The van der Waals surface area contributed by atoms with Crippen LogP contribution >= 0.6 is 23.8 Å². The first-order valence-corrected chi connectivity index (χ1v) is 6.80. The van der Waals surface area contributed by atoms with Crippen LogP contribution in [0.4, 0.5) is 4.39 Å². The number of likely N-dealkylation sites (tertiary alicyclic amines) is 1. The van der Waals surface area contributed by atoms with Gasteiger partial charge in [-0.3, -0.25) is 4.90 Å². The predicted molar refractivity (Wildman–Crippen MR) is 76.2 cm³/mol. The van der Waals surface area contributed by atoms with E-state index in [-0.39, 0.29) is 5.82 Å². The molecule has 0 amide bonds. The molecule has 1 aliphatic heterocycles. The van der Waals surface area contributed by atoms with E-state index >= 15 is 0 Å². The molecule has 2 rings (SSSR count). The molecule has 0 saturated carbocycles. The molecule has 1 heterocycles. The van der Waals surface area contributed by atoms with Gasteiger partial charge in [0.05, 0.1) is 4.99 Å². The number of rotatable bonds is 3. The minimum absolute atomic E-state index is 0.198. The van der Waals surface area contributed by atoms with Gasteiger partial charge in [0.15, 0.2) is 0 Å². The standard InChI is InChI=1S/C13H16ClFN2S/c14-11-1-2-12(15)10(7-11)8-17-5-3-9(4-6-17)13(16)18/h1-2,7,9H,3-6,8H2,(H2,16,18). The summed E-state index contributed by atoms with van der Waals surface area (Å²) in [5, 5.41) is 0.574. The van der Waals surface area contributed by atoms with Gasteiger partial charge in [0.2, 0.25) is 0 Å². The first-order chi connectivity index (χ1) is 8.56. The van der Waals surface area contributed by atoms with Crippen molar-refractivity contribution in [2.75, 3.05) is 13.1 Å². The van der Waals surface area contributed by atoms with E-state index in [9.17, 15) is 4.39 Å². The van der Waals surface area contributed by atoms with Crippen LogP contribution in [-0.2, 0) is 6.54 Å². The van der Waals surface area contributed by atoms with Crippen molar-refractivity contribution in [1.82, 2.24) is 4.90 Å². The molecule has 0 radical (unpaired) electrons. The topological polar surface area (TPSA) is 29.3 Å². The van der Waals surface area contributed by atoms with Gasteiger partial charge < -0.3 is 5.73 Å². The molecule has 2 nitrogen and oxygen atoms in total. The summed E-state index contributed by atoms with van der Waals surface area (Å²) < 4.78 is 13.6. The summed E-state index contributed by atoms with van der Waals surface area (Å²) in [5.74, 6) is 0.135. The molecule has 0 bridgehead atoms. The molecular formula is C13H16ClFN2S. The van der Waals surface area contributed by atoms with E-state index in [1.165, 1.54) is 6.07 Å². The number of nitrogens with two attached hydrogens (primary N) is 1. The third-order valence-corrected chi connectivity index (χ3v) is 3.96. The number of thiocarbonyl (C=S) groups is 1. The second kappa shape index (κ2) is 5.95. The lowest BCUT2D eigenvalue weighted by molar-refractivity contribution is 0.200. The Labute approximate surface area is 117 Å². The minimum atomic E-state index is -0.198. The average Bonchev–Trinajstić information content (AvgIpc) is 2.34. The summed E-state index contributed by atoms with van der Waals surface area (Å²) in [6, 6.07) is 4.68. The number of benzene rings is 1. The first kappa shape index (κ1) is 13.7. The lowest BCUT2D eigenvalue weighted by atomic mass is 9.96. The third-order valence-electron chi connectivity index (χ3n) is 3.39. The molecule has 0 unspecified atom stereocenters. The van der Waals surface area contributed by atoms with E-state index in [0.717, 1.165) is 25.9 Å². The molecule has 0 atom stereocenters. The lowest BCUT2D eigenvalue weighted by Crippen LogP contribution is -2.37. The van der Waals surface area contributed by atoms with Crippen molar-refractivity contribution in [2.45, 2.75) is 19.4 Å². The van der Waals surface area contributed by atoms with E-state index in [1.807, 2.05) is 0 Å². The van der Waals surface area contributed by atoms with Gasteiger partial charge in [-0.25, -0.2) is 4.39 Å². The molecule has 1 aromatic carbocycles. The maximum Gasteiger partial charge on any atom is 0.127 e. The molecule has 5 heteroatoms. The normalized spacial score (nSPS) is 17.9. The van der Waals surface area contributed by atoms with Gasteiger partial charge in [-0.2, -0.15) is 0 Å². The van der Waals surface area contributed by atoms with Gasteiger partial charge in [0, 0.05) is 23.0 Å². The summed E-state index contributed by atoms with van der Waals surface area (Å²) in [5.41, 5.74) is 6.29. The summed E-state index contributed by atoms with van der Waals surface area (Å²) in [4.78, 5) is 2.81. The number of halogens is 2. The fourth-order valence-corrected chi connectivity index (χ4v) is 2.71. The zero-order chi connectivity index (χ0) is 13.1. The van der Waals surface area contributed by atoms with E-state index in [2.05, 4.69) is 4.90 Å². The van der Waals surface area contributed by atoms with Crippen molar-refractivity contribution in [1.29, 1.82) is 0 Å². The van der Waals surface area contributed by atoms with Gasteiger partial charge in [-0.05, 0) is 44.1 Å². The zero-order valence-electron chi connectivity index (χ0n) is 10.0. The van der Waals surface area contributed by atoms with Gasteiger partial charge in [-0.1, -0.05) is 23.8 Å². The lowest BCUT2D eigenvalue weighted by Gasteiger charge is -2.31. The van der Waals surface area contributed by atoms with Crippen LogP contribution in [0.1, 0.15) is 18.4 Å². The molecular weight excluding hydrogens is 271 g/mol. The Morgan fingerprint density at radius 3 is 2.72 bits per heavy atom. The second-order valence-electron chi connectivity index (χ2n) is 4.69. The monoisotopic (exact) mass is 286 g/mol. The van der Waals surface area contributed by atoms with Crippen molar-refractivity contribution in [3.63, 3.8) is 0 Å². The van der Waals surface area contributed by atoms with Crippen LogP contribution < -0.4 is 5.73 Å². The number of hydrogen-bond acceptors (Lipinski definition) is 2. The van der Waals surface area contributed by atoms with Crippen molar-refractivity contribution in [3.8, 4) is 0 Å². The number of hydrogen-bond donors (Lipinski definition) is 1. The van der Waals surface area contributed by atoms with Crippen LogP contribution in [0.25, 0.3) is 0 Å². The van der Waals surface area contributed by atoms with E-state index < -0.39 is 0 Å². The average molecular weight is 287 g/mol. The third kappa shape index (κ3) is 3.40. The van der Waals surface area contributed by atoms with Crippen molar-refractivity contribution in [2.24, 2.45) is 11.7 Å². The number of nitrogens with zero attached hydrogens (tertiary/aromatic N) is 1. The molecule has 1 fully saturated rings. The Morgan fingerprint density at radius 2 is 2.11 bits per heavy atom. The quantitative estimate of drug-likeness (QED) is 0.866. The van der Waals surface area contributed by atoms with Gasteiger partial charge in [0.25, 0.3) is 0 Å². The summed E-state index contributed by atoms with van der Waals surface area (Å²) in [6.07, 6.45) is 1.91. The van der Waals surface area contributed by atoms with Crippen LogP contribution in [0.2, 0.25) is 5.02 Å². The second-order valence-corrected chi connectivity index (χ2v) is 5.60. The molecule has 0 spiro atoms. The molecule has 2 N–H and O–H groups in total. The Balaban J connectivity index is 1.95. The number of piperidine rings is 1. The van der Waals surface area contributed by atoms with Gasteiger partial charge in [-0.15, -0.1) is 0 Å². The van der Waals surface area contributed by atoms with Crippen LogP contribution in [0, 0.1) is 11.7 Å². The Morgan fingerprint density at radius 1 is 1.44 bits per heavy atom. The summed E-state index contributed by atoms with van der Waals surface area (Å²) in [7, 11) is 0. The highest BCUT2D eigenvalue weighted by Gasteiger charge is 2.21. The van der Waals surface area contributed by atoms with Crippen LogP contribution in [-0.4, -0.2) is 23.0 Å². The van der Waals surface area contributed by atoms with Gasteiger partial charge in [0.1, 0.15) is 5.82 Å². The minimum Gasteiger partial charge on any atom is -0.393 e.